The maximum atomic E-state index is 12.7. The molecule has 0 aliphatic rings. The molecule has 2 N–H and O–H groups in total. The molecule has 1 aromatic heterocycles. The molecule has 0 aliphatic heterocycles. The van der Waals surface area contributed by atoms with E-state index in [-0.39, 0.29) is 18.8 Å². The van der Waals surface area contributed by atoms with Crippen molar-refractivity contribution in [3.05, 3.63) is 58.0 Å². The zero-order valence-electron chi connectivity index (χ0n) is 18.2. The first-order valence-electron chi connectivity index (χ1n) is 10.4. The normalized spacial score (nSPS) is 11.1. The van der Waals surface area contributed by atoms with E-state index in [9.17, 15) is 15.0 Å². The van der Waals surface area contributed by atoms with Crippen molar-refractivity contribution in [1.29, 1.82) is 0 Å². The van der Waals surface area contributed by atoms with Gasteiger partial charge in [-0.2, -0.15) is 0 Å². The third kappa shape index (κ3) is 4.74. The summed E-state index contributed by atoms with van der Waals surface area (Å²) >= 11 is 0. The van der Waals surface area contributed by atoms with E-state index in [1.165, 1.54) is 0 Å². The Morgan fingerprint density at radius 1 is 0.968 bits per heavy atom. The van der Waals surface area contributed by atoms with Crippen molar-refractivity contribution in [3.63, 3.8) is 0 Å². The van der Waals surface area contributed by atoms with Crippen LogP contribution >= 0.6 is 0 Å². The van der Waals surface area contributed by atoms with Crippen molar-refractivity contribution in [1.82, 2.24) is 4.57 Å². The zero-order valence-corrected chi connectivity index (χ0v) is 18.2. The average molecular weight is 427 g/mol. The van der Waals surface area contributed by atoms with Gasteiger partial charge in [0.15, 0.2) is 11.5 Å². The molecule has 31 heavy (non-hydrogen) atoms. The number of rotatable bonds is 10. The number of fused-ring (bicyclic) bond motifs is 1. The Bertz CT molecular complexity index is 1110. The minimum atomic E-state index is -0.273. The average Bonchev–Trinajstić information content (AvgIpc) is 2.77. The molecule has 166 valence electrons. The molecule has 0 fully saturated rings. The molecule has 0 atom stereocenters. The van der Waals surface area contributed by atoms with E-state index in [2.05, 4.69) is 0 Å². The van der Waals surface area contributed by atoms with Gasteiger partial charge in [-0.15, -0.1) is 0 Å². The molecule has 3 rings (SSSR count). The van der Waals surface area contributed by atoms with Gasteiger partial charge < -0.3 is 29.0 Å². The first-order valence-corrected chi connectivity index (χ1v) is 10.4. The summed E-state index contributed by atoms with van der Waals surface area (Å²) in [6.45, 7) is 5.13. The lowest BCUT2D eigenvalue weighted by atomic mass is 9.90. The summed E-state index contributed by atoms with van der Waals surface area (Å²) in [5.74, 6) is 1.20. The molecule has 0 spiro atoms. The molecule has 0 unspecified atom stereocenters. The van der Waals surface area contributed by atoms with Gasteiger partial charge in [0.25, 0.3) is 5.56 Å². The van der Waals surface area contributed by atoms with Crippen LogP contribution in [0.2, 0.25) is 0 Å². The van der Waals surface area contributed by atoms with Gasteiger partial charge in [0, 0.05) is 25.9 Å². The lowest BCUT2D eigenvalue weighted by molar-refractivity contribution is 0.186. The van der Waals surface area contributed by atoms with E-state index < -0.39 is 0 Å². The Kier molecular flexibility index (Phi) is 7.68. The fourth-order valence-corrected chi connectivity index (χ4v) is 3.74. The molecular weight excluding hydrogens is 398 g/mol. The van der Waals surface area contributed by atoms with Gasteiger partial charge in [-0.1, -0.05) is 0 Å². The Morgan fingerprint density at radius 2 is 1.68 bits per heavy atom. The number of pyridine rings is 1. The highest BCUT2D eigenvalue weighted by atomic mass is 16.5. The van der Waals surface area contributed by atoms with E-state index in [1.807, 2.05) is 38.1 Å². The van der Waals surface area contributed by atoms with E-state index in [4.69, 9.17) is 14.2 Å². The highest BCUT2D eigenvalue weighted by Crippen LogP contribution is 2.40. The minimum Gasteiger partial charge on any atom is -0.490 e. The summed E-state index contributed by atoms with van der Waals surface area (Å²) in [6, 6.07) is 8.95. The summed E-state index contributed by atoms with van der Waals surface area (Å²) in [7, 11) is 1.59. The summed E-state index contributed by atoms with van der Waals surface area (Å²) in [4.78, 5) is 12.7. The molecule has 0 amide bonds. The number of hydrogen-bond acceptors (Lipinski definition) is 6. The number of hydrogen-bond donors (Lipinski definition) is 2. The fraction of sp³-hybridized carbons (Fsp3) is 0.375. The molecule has 7 heteroatoms. The number of ether oxygens (including phenoxy) is 3. The Morgan fingerprint density at radius 3 is 2.26 bits per heavy atom. The van der Waals surface area contributed by atoms with E-state index in [1.54, 1.807) is 23.9 Å². The van der Waals surface area contributed by atoms with Gasteiger partial charge in [0.2, 0.25) is 0 Å². The maximum Gasteiger partial charge on any atom is 0.251 e. The van der Waals surface area contributed by atoms with Crippen LogP contribution in [0.4, 0.5) is 0 Å². The first-order chi connectivity index (χ1) is 15.1. The third-order valence-electron chi connectivity index (χ3n) is 5.15. The second-order valence-corrected chi connectivity index (χ2v) is 7.03. The topological polar surface area (TPSA) is 90.1 Å². The highest BCUT2D eigenvalue weighted by Gasteiger charge is 2.18. The van der Waals surface area contributed by atoms with Crippen LogP contribution in [-0.2, 0) is 24.5 Å². The lowest BCUT2D eigenvalue weighted by Gasteiger charge is -2.19. The van der Waals surface area contributed by atoms with Crippen LogP contribution in [0.1, 0.15) is 25.0 Å². The minimum absolute atomic E-state index is 0.169. The van der Waals surface area contributed by atoms with Crippen LogP contribution in [-0.4, -0.2) is 41.7 Å². The van der Waals surface area contributed by atoms with Crippen LogP contribution in [0, 0.1) is 0 Å². The maximum absolute atomic E-state index is 12.7. The van der Waals surface area contributed by atoms with Crippen molar-refractivity contribution < 1.29 is 24.4 Å². The van der Waals surface area contributed by atoms with Crippen molar-refractivity contribution in [3.8, 4) is 22.6 Å². The second kappa shape index (κ2) is 10.4. The molecule has 0 bridgehead atoms. The molecule has 0 saturated heterocycles. The molecule has 2 aromatic carbocycles. The smallest absolute Gasteiger partial charge is 0.251 e. The Labute approximate surface area is 181 Å². The van der Waals surface area contributed by atoms with Crippen molar-refractivity contribution in [2.45, 2.75) is 33.6 Å². The molecule has 3 aromatic rings. The Balaban J connectivity index is 2.30. The van der Waals surface area contributed by atoms with Crippen LogP contribution < -0.4 is 15.0 Å². The highest BCUT2D eigenvalue weighted by molar-refractivity contribution is 6.01. The standard InChI is InChI=1S/C24H29NO6/c1-4-30-21-11-17-10-18(14-26)20(15-27)24(19(17)13-22(21)31-5-2)16-6-7-25(8-9-29-3)23(28)12-16/h6-7,10-13,26-27H,4-5,8-9,14-15H2,1-3H3. The zero-order chi connectivity index (χ0) is 22.4. The van der Waals surface area contributed by atoms with Gasteiger partial charge in [-0.3, -0.25) is 4.79 Å². The predicted octanol–water partition coefficient (Wildman–Crippen LogP) is 3.10. The summed E-state index contributed by atoms with van der Waals surface area (Å²) in [5, 5.41) is 21.7. The van der Waals surface area contributed by atoms with Gasteiger partial charge >= 0.3 is 0 Å². The van der Waals surface area contributed by atoms with E-state index in [0.717, 1.165) is 10.8 Å². The molecule has 0 saturated carbocycles. The third-order valence-corrected chi connectivity index (χ3v) is 5.15. The number of methoxy groups -OCH3 is 1. The summed E-state index contributed by atoms with van der Waals surface area (Å²) in [5.41, 5.74) is 2.37. The van der Waals surface area contributed by atoms with E-state index in [0.29, 0.717) is 60.1 Å². The summed E-state index contributed by atoms with van der Waals surface area (Å²) in [6.07, 6.45) is 1.72. The SMILES string of the molecule is CCOc1cc2cc(CO)c(CO)c(-c3ccn(CCOC)c(=O)c3)c2cc1OCC. The fourth-order valence-electron chi connectivity index (χ4n) is 3.74. The van der Waals surface area contributed by atoms with Crippen LogP contribution in [0.3, 0.4) is 0 Å². The number of benzene rings is 2. The van der Waals surface area contributed by atoms with Crippen molar-refractivity contribution in [2.75, 3.05) is 26.9 Å². The monoisotopic (exact) mass is 427 g/mol. The summed E-state index contributed by atoms with van der Waals surface area (Å²) < 4.78 is 18.2. The van der Waals surface area contributed by atoms with Gasteiger partial charge in [-0.05, 0) is 71.1 Å². The van der Waals surface area contributed by atoms with Crippen molar-refractivity contribution in [2.24, 2.45) is 0 Å². The largest absolute Gasteiger partial charge is 0.490 e. The van der Waals surface area contributed by atoms with Crippen LogP contribution in [0.25, 0.3) is 21.9 Å². The first kappa shape index (κ1) is 22.8. The lowest BCUT2D eigenvalue weighted by Crippen LogP contribution is -2.20. The molecule has 7 nitrogen and oxygen atoms in total. The quantitative estimate of drug-likeness (QED) is 0.517. The number of aromatic nitrogens is 1. The van der Waals surface area contributed by atoms with Crippen LogP contribution in [0.15, 0.2) is 41.3 Å². The molecule has 0 aliphatic carbocycles. The van der Waals surface area contributed by atoms with E-state index >= 15 is 0 Å². The Hall–Kier alpha value is -2.87. The second-order valence-electron chi connectivity index (χ2n) is 7.03. The number of aliphatic hydroxyl groups is 2. The van der Waals surface area contributed by atoms with Crippen molar-refractivity contribution >= 4 is 10.8 Å². The molecular formula is C24H29NO6. The number of nitrogens with zero attached hydrogens (tertiary/aromatic N) is 1. The van der Waals surface area contributed by atoms with Gasteiger partial charge in [0.1, 0.15) is 0 Å². The predicted molar refractivity (Wildman–Crippen MR) is 120 cm³/mol. The molecule has 1 heterocycles. The van der Waals surface area contributed by atoms with Gasteiger partial charge in [-0.25, -0.2) is 0 Å². The molecule has 0 radical (unpaired) electrons. The number of aliphatic hydroxyl groups excluding tert-OH is 2. The van der Waals surface area contributed by atoms with Crippen LogP contribution in [0.5, 0.6) is 11.5 Å². The van der Waals surface area contributed by atoms with Gasteiger partial charge in [0.05, 0.1) is 33.0 Å².